The zero-order valence-corrected chi connectivity index (χ0v) is 12.7. The Morgan fingerprint density at radius 2 is 2.06 bits per heavy atom. The Morgan fingerprint density at radius 3 is 2.59 bits per heavy atom. The van der Waals surface area contributed by atoms with Crippen molar-refractivity contribution in [2.45, 2.75) is 11.8 Å². The third kappa shape index (κ3) is 2.67. The van der Waals surface area contributed by atoms with Gasteiger partial charge in [0.05, 0.1) is 11.9 Å². The highest BCUT2D eigenvalue weighted by Gasteiger charge is 2.16. The Morgan fingerprint density at radius 1 is 1.29 bits per heavy atom. The van der Waals surface area contributed by atoms with Crippen molar-refractivity contribution in [3.8, 4) is 5.75 Å². The van der Waals surface area contributed by atoms with Crippen molar-refractivity contribution in [1.29, 1.82) is 0 Å². The molecule has 0 N–H and O–H groups in total. The quantitative estimate of drug-likeness (QED) is 0.702. The molecule has 0 spiro atoms. The zero-order valence-electron chi connectivity index (χ0n) is 9.54. The summed E-state index contributed by atoms with van der Waals surface area (Å²) in [4.78, 5) is 0.132. The average Bonchev–Trinajstić information content (AvgIpc) is 2.74. The van der Waals surface area contributed by atoms with Crippen LogP contribution in [0.15, 0.2) is 29.0 Å². The van der Waals surface area contributed by atoms with Crippen LogP contribution in [0, 0.1) is 6.92 Å². The molecule has 1 aromatic carbocycles. The van der Waals surface area contributed by atoms with Gasteiger partial charge >= 0.3 is 0 Å². The molecule has 0 radical (unpaired) electrons. The number of hydrogen-bond donors (Lipinski definition) is 0. The van der Waals surface area contributed by atoms with Crippen molar-refractivity contribution in [2.75, 3.05) is 7.11 Å². The Balaban J connectivity index is 2.38. The standard InChI is InChI=1S/C13H12BrClOS/c1-8-6-17-7-11(8)13(14)10-4-3-9(16-2)5-12(10)15/h3-7,13H,1-2H3. The first kappa shape index (κ1) is 12.9. The molecule has 0 fully saturated rings. The number of hydrogen-bond acceptors (Lipinski definition) is 2. The van der Waals surface area contributed by atoms with Gasteiger partial charge < -0.3 is 4.74 Å². The fourth-order valence-electron chi connectivity index (χ4n) is 1.64. The second-order valence-corrected chi connectivity index (χ2v) is 5.83. The summed E-state index contributed by atoms with van der Waals surface area (Å²) in [5, 5.41) is 5.01. The van der Waals surface area contributed by atoms with Crippen molar-refractivity contribution in [3.63, 3.8) is 0 Å². The van der Waals surface area contributed by atoms with Gasteiger partial charge in [-0.3, -0.25) is 0 Å². The lowest BCUT2D eigenvalue weighted by Crippen LogP contribution is -1.94. The molecule has 1 unspecified atom stereocenters. The molecule has 0 amide bonds. The Kier molecular flexibility index (Phi) is 4.13. The number of halogens is 2. The smallest absolute Gasteiger partial charge is 0.120 e. The van der Waals surface area contributed by atoms with E-state index in [1.807, 2.05) is 18.2 Å². The lowest BCUT2D eigenvalue weighted by molar-refractivity contribution is 0.414. The fraction of sp³-hybridized carbons (Fsp3) is 0.231. The molecule has 1 atom stereocenters. The summed E-state index contributed by atoms with van der Waals surface area (Å²) < 4.78 is 5.15. The van der Waals surface area contributed by atoms with Gasteiger partial charge in [-0.15, -0.1) is 0 Å². The van der Waals surface area contributed by atoms with Crippen LogP contribution in [0.4, 0.5) is 0 Å². The van der Waals surface area contributed by atoms with E-state index >= 15 is 0 Å². The molecule has 1 heterocycles. The van der Waals surface area contributed by atoms with E-state index in [2.05, 4.69) is 33.6 Å². The first-order valence-corrected chi connectivity index (χ1v) is 7.37. The van der Waals surface area contributed by atoms with Gasteiger partial charge in [0, 0.05) is 5.02 Å². The predicted octanol–water partition coefficient (Wildman–Crippen LogP) is 5.20. The van der Waals surface area contributed by atoms with Crippen molar-refractivity contribution in [3.05, 3.63) is 50.7 Å². The van der Waals surface area contributed by atoms with E-state index in [0.29, 0.717) is 0 Å². The zero-order chi connectivity index (χ0) is 12.4. The van der Waals surface area contributed by atoms with Crippen LogP contribution in [-0.2, 0) is 0 Å². The highest BCUT2D eigenvalue weighted by atomic mass is 79.9. The second-order valence-electron chi connectivity index (χ2n) is 3.76. The van der Waals surface area contributed by atoms with E-state index in [4.69, 9.17) is 16.3 Å². The Bertz CT molecular complexity index is 524. The summed E-state index contributed by atoms with van der Waals surface area (Å²) in [6.45, 7) is 2.11. The first-order chi connectivity index (χ1) is 8.13. The summed E-state index contributed by atoms with van der Waals surface area (Å²) in [6.07, 6.45) is 0. The van der Waals surface area contributed by atoms with E-state index in [-0.39, 0.29) is 4.83 Å². The number of aryl methyl sites for hydroxylation is 1. The van der Waals surface area contributed by atoms with Gasteiger partial charge in [0.1, 0.15) is 5.75 Å². The van der Waals surface area contributed by atoms with E-state index in [9.17, 15) is 0 Å². The Hall–Kier alpha value is -0.510. The third-order valence-corrected chi connectivity index (χ3v) is 4.84. The van der Waals surface area contributed by atoms with Crippen LogP contribution in [0.1, 0.15) is 21.5 Å². The molecule has 0 saturated carbocycles. The van der Waals surface area contributed by atoms with Crippen molar-refractivity contribution in [2.24, 2.45) is 0 Å². The molecule has 0 bridgehead atoms. The van der Waals surface area contributed by atoms with Crippen molar-refractivity contribution < 1.29 is 4.74 Å². The first-order valence-electron chi connectivity index (χ1n) is 5.13. The number of ether oxygens (including phenoxy) is 1. The topological polar surface area (TPSA) is 9.23 Å². The molecular weight excluding hydrogens is 320 g/mol. The van der Waals surface area contributed by atoms with E-state index < -0.39 is 0 Å². The lowest BCUT2D eigenvalue weighted by Gasteiger charge is -2.13. The van der Waals surface area contributed by atoms with Gasteiger partial charge in [-0.05, 0) is 46.5 Å². The number of thiophene rings is 1. The van der Waals surface area contributed by atoms with Gasteiger partial charge in [-0.1, -0.05) is 33.6 Å². The molecule has 4 heteroatoms. The summed E-state index contributed by atoms with van der Waals surface area (Å²) in [5.41, 5.74) is 3.61. The Labute approximate surface area is 119 Å². The van der Waals surface area contributed by atoms with E-state index in [0.717, 1.165) is 16.3 Å². The van der Waals surface area contributed by atoms with Crippen molar-refractivity contribution in [1.82, 2.24) is 0 Å². The van der Waals surface area contributed by atoms with Crippen LogP contribution in [-0.4, -0.2) is 7.11 Å². The van der Waals surface area contributed by atoms with Gasteiger partial charge in [0.15, 0.2) is 0 Å². The molecule has 0 saturated heterocycles. The summed E-state index contributed by atoms with van der Waals surface area (Å²) in [5.74, 6) is 0.778. The molecule has 1 aromatic heterocycles. The lowest BCUT2D eigenvalue weighted by atomic mass is 10.0. The molecule has 0 aliphatic heterocycles. The summed E-state index contributed by atoms with van der Waals surface area (Å²) >= 11 is 11.7. The third-order valence-electron chi connectivity index (χ3n) is 2.65. The SMILES string of the molecule is COc1ccc(C(Br)c2cscc2C)c(Cl)c1. The van der Waals surface area contributed by atoms with Gasteiger partial charge in [0.25, 0.3) is 0 Å². The molecule has 2 rings (SSSR count). The molecule has 0 aliphatic carbocycles. The molecule has 1 nitrogen and oxygen atoms in total. The summed E-state index contributed by atoms with van der Waals surface area (Å²) in [6, 6.07) is 5.77. The second kappa shape index (κ2) is 5.42. The van der Waals surface area contributed by atoms with Crippen LogP contribution in [0.2, 0.25) is 5.02 Å². The molecular formula is C13H12BrClOS. The maximum atomic E-state index is 6.27. The van der Waals surface area contributed by atoms with Gasteiger partial charge in [0.2, 0.25) is 0 Å². The average molecular weight is 332 g/mol. The minimum Gasteiger partial charge on any atom is -0.497 e. The number of alkyl halides is 1. The number of benzene rings is 1. The largest absolute Gasteiger partial charge is 0.497 e. The van der Waals surface area contributed by atoms with Crippen LogP contribution in [0.3, 0.4) is 0 Å². The predicted molar refractivity (Wildman–Crippen MR) is 77.8 cm³/mol. The monoisotopic (exact) mass is 330 g/mol. The molecule has 0 aliphatic rings. The molecule has 2 aromatic rings. The van der Waals surface area contributed by atoms with Crippen molar-refractivity contribution >= 4 is 38.9 Å². The molecule has 17 heavy (non-hydrogen) atoms. The van der Waals surface area contributed by atoms with Crippen LogP contribution < -0.4 is 4.74 Å². The number of methoxy groups -OCH3 is 1. The maximum absolute atomic E-state index is 6.27. The van der Waals surface area contributed by atoms with Gasteiger partial charge in [-0.25, -0.2) is 0 Å². The van der Waals surface area contributed by atoms with Crippen LogP contribution in [0.5, 0.6) is 5.75 Å². The minimum atomic E-state index is 0.132. The van der Waals surface area contributed by atoms with E-state index in [1.54, 1.807) is 18.4 Å². The minimum absolute atomic E-state index is 0.132. The fourth-order valence-corrected chi connectivity index (χ4v) is 3.99. The van der Waals surface area contributed by atoms with E-state index in [1.165, 1.54) is 11.1 Å². The number of rotatable bonds is 3. The highest BCUT2D eigenvalue weighted by molar-refractivity contribution is 9.09. The normalized spacial score (nSPS) is 12.5. The highest BCUT2D eigenvalue weighted by Crippen LogP contribution is 2.39. The van der Waals surface area contributed by atoms with Gasteiger partial charge in [-0.2, -0.15) is 11.3 Å². The summed E-state index contributed by atoms with van der Waals surface area (Å²) in [7, 11) is 1.64. The molecule has 90 valence electrons. The maximum Gasteiger partial charge on any atom is 0.120 e. The van der Waals surface area contributed by atoms with Crippen LogP contribution >= 0.6 is 38.9 Å². The van der Waals surface area contributed by atoms with Crippen LogP contribution in [0.25, 0.3) is 0 Å².